The summed E-state index contributed by atoms with van der Waals surface area (Å²) in [5.74, 6) is 0.852. The third-order valence-corrected chi connectivity index (χ3v) is 4.98. The maximum absolute atomic E-state index is 11.9. The molecule has 0 aliphatic carbocycles. The van der Waals surface area contributed by atoms with E-state index < -0.39 is 0 Å². The van der Waals surface area contributed by atoms with Gasteiger partial charge in [-0.15, -0.1) is 0 Å². The van der Waals surface area contributed by atoms with Gasteiger partial charge in [0.1, 0.15) is 10.8 Å². The number of ether oxygens (including phenoxy) is 1. The van der Waals surface area contributed by atoms with Crippen molar-refractivity contribution in [1.29, 1.82) is 0 Å². The number of para-hydroxylation sites is 2. The lowest BCUT2D eigenvalue weighted by molar-refractivity contribution is 0.267. The van der Waals surface area contributed by atoms with Crippen molar-refractivity contribution in [2.24, 2.45) is 7.05 Å². The number of hydrogen-bond acceptors (Lipinski definition) is 6. The first-order chi connectivity index (χ1) is 12.6. The van der Waals surface area contributed by atoms with Gasteiger partial charge in [-0.3, -0.25) is 9.69 Å². The molecule has 1 fully saturated rings. The maximum Gasteiger partial charge on any atom is 0.287 e. The second-order valence-corrected chi connectivity index (χ2v) is 6.61. The Hall–Kier alpha value is -2.25. The van der Waals surface area contributed by atoms with Crippen LogP contribution < -0.4 is 20.5 Å². The number of anilines is 2. The highest BCUT2D eigenvalue weighted by molar-refractivity contribution is 6.33. The van der Waals surface area contributed by atoms with Crippen LogP contribution in [0.2, 0.25) is 5.02 Å². The van der Waals surface area contributed by atoms with E-state index >= 15 is 0 Å². The van der Waals surface area contributed by atoms with Gasteiger partial charge in [-0.25, -0.2) is 4.68 Å². The Kier molecular flexibility index (Phi) is 6.00. The molecule has 8 heteroatoms. The molecule has 26 heavy (non-hydrogen) atoms. The Bertz CT molecular complexity index is 802. The summed E-state index contributed by atoms with van der Waals surface area (Å²) >= 11 is 6.20. The van der Waals surface area contributed by atoms with Gasteiger partial charge in [0.2, 0.25) is 0 Å². The standard InChI is InChI=1S/C18H24ClN5O2/c1-22-18(25)17(19)15(13-21-22)24-11-9-23(10-12-24)8-7-20-14-5-3-4-6-16(14)26-2/h3-6,13,20H,7-12H2,1-2H3. The van der Waals surface area contributed by atoms with Crippen LogP contribution in [0.5, 0.6) is 5.75 Å². The van der Waals surface area contributed by atoms with Gasteiger partial charge in [0.05, 0.1) is 24.7 Å². The average Bonchev–Trinajstić information content (AvgIpc) is 2.67. The summed E-state index contributed by atoms with van der Waals surface area (Å²) in [7, 11) is 3.28. The second-order valence-electron chi connectivity index (χ2n) is 6.23. The normalized spacial score (nSPS) is 15.1. The van der Waals surface area contributed by atoms with E-state index in [0.29, 0.717) is 0 Å². The lowest BCUT2D eigenvalue weighted by Gasteiger charge is -2.36. The van der Waals surface area contributed by atoms with Gasteiger partial charge in [-0.05, 0) is 12.1 Å². The number of hydrogen-bond donors (Lipinski definition) is 1. The zero-order chi connectivity index (χ0) is 18.5. The lowest BCUT2D eigenvalue weighted by Crippen LogP contribution is -2.48. The number of methoxy groups -OCH3 is 1. The van der Waals surface area contributed by atoms with Crippen molar-refractivity contribution >= 4 is 23.0 Å². The molecule has 0 radical (unpaired) electrons. The predicted octanol–water partition coefficient (Wildman–Crippen LogP) is 1.68. The molecule has 1 aliphatic rings. The molecule has 1 saturated heterocycles. The second kappa shape index (κ2) is 8.42. The van der Waals surface area contributed by atoms with Crippen molar-refractivity contribution in [2.75, 3.05) is 56.6 Å². The lowest BCUT2D eigenvalue weighted by atomic mass is 10.2. The number of benzene rings is 1. The number of piperazine rings is 1. The van der Waals surface area contributed by atoms with Crippen LogP contribution in [-0.4, -0.2) is 61.1 Å². The van der Waals surface area contributed by atoms with Gasteiger partial charge in [-0.1, -0.05) is 23.7 Å². The summed E-state index contributed by atoms with van der Waals surface area (Å²) in [6, 6.07) is 7.91. The van der Waals surface area contributed by atoms with Crippen LogP contribution in [-0.2, 0) is 7.05 Å². The minimum absolute atomic E-state index is 0.244. The van der Waals surface area contributed by atoms with Crippen molar-refractivity contribution in [1.82, 2.24) is 14.7 Å². The van der Waals surface area contributed by atoms with E-state index in [0.717, 1.165) is 56.4 Å². The quantitative estimate of drug-likeness (QED) is 0.826. The molecule has 3 rings (SSSR count). The first-order valence-corrected chi connectivity index (χ1v) is 9.04. The van der Waals surface area contributed by atoms with Gasteiger partial charge in [-0.2, -0.15) is 5.10 Å². The van der Waals surface area contributed by atoms with Gasteiger partial charge < -0.3 is 15.0 Å². The molecular formula is C18H24ClN5O2. The number of rotatable bonds is 6. The molecule has 0 atom stereocenters. The number of nitrogens with one attached hydrogen (secondary N) is 1. The minimum Gasteiger partial charge on any atom is -0.495 e. The average molecular weight is 378 g/mol. The molecule has 2 heterocycles. The van der Waals surface area contributed by atoms with Crippen molar-refractivity contribution in [3.05, 3.63) is 45.8 Å². The molecule has 0 saturated carbocycles. The fraction of sp³-hybridized carbons (Fsp3) is 0.444. The van der Waals surface area contributed by atoms with E-state index in [4.69, 9.17) is 16.3 Å². The maximum atomic E-state index is 11.9. The summed E-state index contributed by atoms with van der Waals surface area (Å²) in [4.78, 5) is 16.5. The topological polar surface area (TPSA) is 62.6 Å². The molecule has 1 aromatic carbocycles. The predicted molar refractivity (Wildman–Crippen MR) is 105 cm³/mol. The molecule has 7 nitrogen and oxygen atoms in total. The van der Waals surface area contributed by atoms with Gasteiger partial charge >= 0.3 is 0 Å². The molecule has 1 N–H and O–H groups in total. The first-order valence-electron chi connectivity index (χ1n) is 8.66. The van der Waals surface area contributed by atoms with Gasteiger partial charge in [0, 0.05) is 46.3 Å². The van der Waals surface area contributed by atoms with Crippen LogP contribution in [0.3, 0.4) is 0 Å². The largest absolute Gasteiger partial charge is 0.495 e. The molecule has 2 aromatic rings. The van der Waals surface area contributed by atoms with Crippen LogP contribution in [0.25, 0.3) is 0 Å². The van der Waals surface area contributed by atoms with Crippen molar-refractivity contribution in [3.8, 4) is 5.75 Å². The van der Waals surface area contributed by atoms with E-state index in [1.807, 2.05) is 24.3 Å². The fourth-order valence-electron chi connectivity index (χ4n) is 3.07. The van der Waals surface area contributed by atoms with E-state index in [1.54, 1.807) is 20.4 Å². The molecule has 1 aliphatic heterocycles. The smallest absolute Gasteiger partial charge is 0.287 e. The minimum atomic E-state index is -0.257. The van der Waals surface area contributed by atoms with Crippen molar-refractivity contribution < 1.29 is 4.74 Å². The van der Waals surface area contributed by atoms with Crippen LogP contribution in [0.1, 0.15) is 0 Å². The van der Waals surface area contributed by atoms with Crippen LogP contribution in [0.4, 0.5) is 11.4 Å². The molecule has 0 unspecified atom stereocenters. The highest BCUT2D eigenvalue weighted by atomic mass is 35.5. The van der Waals surface area contributed by atoms with Crippen LogP contribution in [0.15, 0.2) is 35.3 Å². The van der Waals surface area contributed by atoms with Gasteiger partial charge in [0.15, 0.2) is 0 Å². The summed E-state index contributed by atoms with van der Waals surface area (Å²) in [6.07, 6.45) is 1.67. The summed E-state index contributed by atoms with van der Waals surface area (Å²) in [5, 5.41) is 7.74. The van der Waals surface area contributed by atoms with Gasteiger partial charge in [0.25, 0.3) is 5.56 Å². The van der Waals surface area contributed by atoms with E-state index in [1.165, 1.54) is 4.68 Å². The molecule has 0 spiro atoms. The summed E-state index contributed by atoms with van der Waals surface area (Å²) < 4.78 is 6.61. The van der Waals surface area contributed by atoms with Crippen LogP contribution >= 0.6 is 11.6 Å². The van der Waals surface area contributed by atoms with E-state index in [9.17, 15) is 4.79 Å². The Morgan fingerprint density at radius 1 is 1.23 bits per heavy atom. The van der Waals surface area contributed by atoms with Crippen molar-refractivity contribution in [2.45, 2.75) is 0 Å². The fourth-order valence-corrected chi connectivity index (χ4v) is 3.36. The number of aryl methyl sites for hydroxylation is 1. The zero-order valence-electron chi connectivity index (χ0n) is 15.1. The first kappa shape index (κ1) is 18.5. The third-order valence-electron chi connectivity index (χ3n) is 4.62. The SMILES string of the molecule is COc1ccccc1NCCN1CCN(c2cnn(C)c(=O)c2Cl)CC1. The number of aromatic nitrogens is 2. The summed E-state index contributed by atoms with van der Waals surface area (Å²) in [5.41, 5.74) is 1.47. The Balaban J connectivity index is 1.50. The molecule has 0 bridgehead atoms. The molecule has 1 aromatic heterocycles. The van der Waals surface area contributed by atoms with E-state index in [2.05, 4.69) is 20.2 Å². The van der Waals surface area contributed by atoms with E-state index in [-0.39, 0.29) is 10.6 Å². The molecule has 0 amide bonds. The highest BCUT2D eigenvalue weighted by Crippen LogP contribution is 2.23. The monoisotopic (exact) mass is 377 g/mol. The Morgan fingerprint density at radius 2 is 1.96 bits per heavy atom. The molecular weight excluding hydrogens is 354 g/mol. The van der Waals surface area contributed by atoms with Crippen molar-refractivity contribution in [3.63, 3.8) is 0 Å². The Morgan fingerprint density at radius 3 is 2.69 bits per heavy atom. The zero-order valence-corrected chi connectivity index (χ0v) is 15.9. The summed E-state index contributed by atoms with van der Waals surface area (Å²) in [6.45, 7) is 5.26. The molecule has 140 valence electrons. The Labute approximate surface area is 158 Å². The van der Waals surface area contributed by atoms with Crippen LogP contribution in [0, 0.1) is 0 Å². The highest BCUT2D eigenvalue weighted by Gasteiger charge is 2.20. The third kappa shape index (κ3) is 4.11. The number of nitrogens with zero attached hydrogens (tertiary/aromatic N) is 4. The number of halogens is 1.